The Labute approximate surface area is 142 Å². The summed E-state index contributed by atoms with van der Waals surface area (Å²) in [6.07, 6.45) is 5.70. The Morgan fingerprint density at radius 1 is 1.21 bits per heavy atom. The molecule has 0 aromatic heterocycles. The molecule has 2 saturated carbocycles. The number of carbonyl (C=O) groups excluding carboxylic acids is 1. The van der Waals surface area contributed by atoms with Crippen molar-refractivity contribution >= 4 is 5.97 Å². The lowest BCUT2D eigenvalue weighted by Gasteiger charge is -2.41. The Hall–Kier alpha value is -2.22. The third-order valence-electron chi connectivity index (χ3n) is 5.25. The fraction of sp³-hybridized carbons (Fsp3) is 0.579. The molecule has 1 aromatic rings. The second kappa shape index (κ2) is 6.72. The van der Waals surface area contributed by atoms with Crippen LogP contribution in [0.15, 0.2) is 18.2 Å². The maximum absolute atomic E-state index is 11.7. The van der Waals surface area contributed by atoms with E-state index >= 15 is 0 Å². The number of benzene rings is 1. The van der Waals surface area contributed by atoms with Crippen LogP contribution in [0.5, 0.6) is 11.5 Å². The van der Waals surface area contributed by atoms with Gasteiger partial charge < -0.3 is 14.2 Å². The smallest absolute Gasteiger partial charge is 0.308 e. The molecule has 1 aromatic carbocycles. The number of hydrogen-bond donors (Lipinski definition) is 0. The highest BCUT2D eigenvalue weighted by molar-refractivity contribution is 5.75. The average Bonchev–Trinajstić information content (AvgIpc) is 3.07. The second-order valence-electron chi connectivity index (χ2n) is 6.71. The molecule has 128 valence electrons. The zero-order valence-corrected chi connectivity index (χ0v) is 14.2. The molecule has 0 saturated heterocycles. The Balaban J connectivity index is 1.82. The number of nitriles is 1. The van der Waals surface area contributed by atoms with E-state index in [1.165, 1.54) is 20.0 Å². The van der Waals surface area contributed by atoms with Crippen LogP contribution in [0.3, 0.4) is 0 Å². The molecule has 0 atom stereocenters. The van der Waals surface area contributed by atoms with Gasteiger partial charge in [0.15, 0.2) is 11.5 Å². The van der Waals surface area contributed by atoms with Crippen LogP contribution in [0.4, 0.5) is 0 Å². The molecular formula is C19H23NO4. The van der Waals surface area contributed by atoms with Crippen molar-refractivity contribution in [3.8, 4) is 17.6 Å². The van der Waals surface area contributed by atoms with Gasteiger partial charge in [0.05, 0.1) is 37.7 Å². The molecule has 2 aliphatic rings. The summed E-state index contributed by atoms with van der Waals surface area (Å²) in [5, 5.41) is 9.69. The van der Waals surface area contributed by atoms with E-state index in [9.17, 15) is 10.1 Å². The van der Waals surface area contributed by atoms with Gasteiger partial charge in [-0.25, -0.2) is 0 Å². The first-order valence-electron chi connectivity index (χ1n) is 8.46. The normalized spacial score (nSPS) is 26.3. The minimum atomic E-state index is -0.640. The van der Waals surface area contributed by atoms with Crippen LogP contribution in [0, 0.1) is 17.2 Å². The molecule has 0 spiro atoms. The maximum Gasteiger partial charge on any atom is 0.308 e. The molecule has 0 heterocycles. The van der Waals surface area contributed by atoms with Gasteiger partial charge in [-0.2, -0.15) is 5.26 Å². The first-order chi connectivity index (χ1) is 11.6. The summed E-state index contributed by atoms with van der Waals surface area (Å²) in [5.74, 6) is 0.938. The van der Waals surface area contributed by atoms with Gasteiger partial charge in [-0.3, -0.25) is 4.79 Å². The molecule has 0 N–H and O–H groups in total. The van der Waals surface area contributed by atoms with E-state index in [4.69, 9.17) is 14.2 Å². The first-order valence-corrected chi connectivity index (χ1v) is 8.46. The number of methoxy groups -OCH3 is 2. The summed E-state index contributed by atoms with van der Waals surface area (Å²) in [6.45, 7) is 0. The van der Waals surface area contributed by atoms with Gasteiger partial charge in [-0.1, -0.05) is 6.07 Å². The summed E-state index contributed by atoms with van der Waals surface area (Å²) in [6, 6.07) is 8.06. The molecule has 0 bridgehead atoms. The van der Waals surface area contributed by atoms with Crippen molar-refractivity contribution in [2.45, 2.75) is 50.0 Å². The molecule has 2 aliphatic carbocycles. The number of esters is 1. The highest BCUT2D eigenvalue weighted by Gasteiger charge is 2.50. The van der Waals surface area contributed by atoms with Gasteiger partial charge in [-0.05, 0) is 56.2 Å². The van der Waals surface area contributed by atoms with E-state index in [2.05, 4.69) is 6.07 Å². The van der Waals surface area contributed by atoms with Crippen molar-refractivity contribution in [3.05, 3.63) is 23.8 Å². The number of hydrogen-bond acceptors (Lipinski definition) is 5. The summed E-state index contributed by atoms with van der Waals surface area (Å²) in [5.41, 5.74) is 0.248. The lowest BCUT2D eigenvalue weighted by Crippen LogP contribution is -2.44. The van der Waals surface area contributed by atoms with Crippen molar-refractivity contribution in [2.75, 3.05) is 14.2 Å². The van der Waals surface area contributed by atoms with Crippen molar-refractivity contribution < 1.29 is 19.0 Å². The summed E-state index contributed by atoms with van der Waals surface area (Å²) in [7, 11) is 3.00. The first kappa shape index (κ1) is 16.6. The molecule has 3 rings (SSSR count). The van der Waals surface area contributed by atoms with Crippen LogP contribution >= 0.6 is 0 Å². The Kier molecular flexibility index (Phi) is 4.66. The van der Waals surface area contributed by atoms with Gasteiger partial charge in [0.25, 0.3) is 0 Å². The molecule has 0 unspecified atom stereocenters. The summed E-state index contributed by atoms with van der Waals surface area (Å²) >= 11 is 0. The van der Waals surface area contributed by atoms with Gasteiger partial charge in [-0.15, -0.1) is 0 Å². The van der Waals surface area contributed by atoms with E-state index in [0.717, 1.165) is 18.4 Å². The number of ether oxygens (including phenoxy) is 3. The van der Waals surface area contributed by atoms with E-state index < -0.39 is 5.41 Å². The Morgan fingerprint density at radius 3 is 2.50 bits per heavy atom. The van der Waals surface area contributed by atoms with E-state index in [-0.39, 0.29) is 18.0 Å². The van der Waals surface area contributed by atoms with Gasteiger partial charge in [0.1, 0.15) is 0 Å². The van der Waals surface area contributed by atoms with Crippen LogP contribution in [-0.4, -0.2) is 26.3 Å². The molecule has 2 fully saturated rings. The summed E-state index contributed by atoms with van der Waals surface area (Å²) < 4.78 is 16.3. The van der Waals surface area contributed by atoms with E-state index in [0.29, 0.717) is 24.3 Å². The fourth-order valence-corrected chi connectivity index (χ4v) is 3.76. The predicted octanol–water partition coefficient (Wildman–Crippen LogP) is 3.36. The highest BCUT2D eigenvalue weighted by Crippen LogP contribution is 2.49. The zero-order chi connectivity index (χ0) is 17.2. The van der Waals surface area contributed by atoms with E-state index in [1.807, 2.05) is 18.2 Å². The molecule has 0 amide bonds. The van der Waals surface area contributed by atoms with Gasteiger partial charge in [0, 0.05) is 0 Å². The largest absolute Gasteiger partial charge is 0.493 e. The standard InChI is InChI=1S/C19H23NO4/c1-22-16-8-7-14(9-17(16)24-15-5-3-4-6-15)19(12-20)10-13(11-19)18(21)23-2/h7-9,13,15H,3-6,10-11H2,1-2H3/t13-,19+. The Bertz CT molecular complexity index is 652. The maximum atomic E-state index is 11.7. The molecule has 0 radical (unpaired) electrons. The third-order valence-corrected chi connectivity index (χ3v) is 5.25. The molecule has 5 nitrogen and oxygen atoms in total. The molecular weight excluding hydrogens is 306 g/mol. The van der Waals surface area contributed by atoms with Gasteiger partial charge in [0.2, 0.25) is 0 Å². The topological polar surface area (TPSA) is 68.5 Å². The zero-order valence-electron chi connectivity index (χ0n) is 14.2. The number of carbonyl (C=O) groups is 1. The minimum absolute atomic E-state index is 0.198. The lowest BCUT2D eigenvalue weighted by molar-refractivity contribution is -0.150. The van der Waals surface area contributed by atoms with Crippen molar-refractivity contribution in [2.24, 2.45) is 5.92 Å². The third kappa shape index (κ3) is 2.93. The molecule has 5 heteroatoms. The van der Waals surface area contributed by atoms with Crippen molar-refractivity contribution in [3.63, 3.8) is 0 Å². The SMILES string of the molecule is COc1ccc([C@]2(C#N)C[C@H](C(=O)OC)C2)cc1OC1CCCC1. The lowest BCUT2D eigenvalue weighted by atomic mass is 9.59. The summed E-state index contributed by atoms with van der Waals surface area (Å²) in [4.78, 5) is 11.7. The van der Waals surface area contributed by atoms with Crippen LogP contribution < -0.4 is 9.47 Å². The van der Waals surface area contributed by atoms with Crippen LogP contribution in [0.1, 0.15) is 44.1 Å². The van der Waals surface area contributed by atoms with Crippen molar-refractivity contribution in [1.82, 2.24) is 0 Å². The molecule has 24 heavy (non-hydrogen) atoms. The van der Waals surface area contributed by atoms with E-state index in [1.54, 1.807) is 7.11 Å². The monoisotopic (exact) mass is 329 g/mol. The number of nitrogens with zero attached hydrogens (tertiary/aromatic N) is 1. The van der Waals surface area contributed by atoms with Crippen molar-refractivity contribution in [1.29, 1.82) is 5.26 Å². The van der Waals surface area contributed by atoms with Gasteiger partial charge >= 0.3 is 5.97 Å². The van der Waals surface area contributed by atoms with Crippen LogP contribution in [0.25, 0.3) is 0 Å². The second-order valence-corrected chi connectivity index (χ2v) is 6.71. The number of rotatable bonds is 5. The molecule has 0 aliphatic heterocycles. The predicted molar refractivity (Wildman–Crippen MR) is 87.9 cm³/mol. The minimum Gasteiger partial charge on any atom is -0.493 e. The Morgan fingerprint density at radius 2 is 1.92 bits per heavy atom. The quantitative estimate of drug-likeness (QED) is 0.775. The average molecular weight is 329 g/mol. The highest BCUT2D eigenvalue weighted by atomic mass is 16.5. The fourth-order valence-electron chi connectivity index (χ4n) is 3.76. The van der Waals surface area contributed by atoms with Crippen LogP contribution in [-0.2, 0) is 14.9 Å². The van der Waals surface area contributed by atoms with Crippen LogP contribution in [0.2, 0.25) is 0 Å².